The minimum atomic E-state index is 0.579. The average Bonchev–Trinajstić information content (AvgIpc) is 2.35. The van der Waals surface area contributed by atoms with E-state index in [0.717, 1.165) is 22.0 Å². The van der Waals surface area contributed by atoms with Gasteiger partial charge in [-0.3, -0.25) is 0 Å². The molecule has 0 unspecified atom stereocenters. The fraction of sp³-hybridized carbons (Fsp3) is 0.333. The Kier molecular flexibility index (Phi) is 3.96. The summed E-state index contributed by atoms with van der Waals surface area (Å²) >= 11 is 1.40. The van der Waals surface area contributed by atoms with Crippen molar-refractivity contribution in [3.63, 3.8) is 0 Å². The third-order valence-corrected chi connectivity index (χ3v) is 3.55. The first kappa shape index (κ1) is 13.7. The average molecular weight is 276 g/mol. The van der Waals surface area contributed by atoms with Crippen LogP contribution in [0.3, 0.4) is 0 Å². The minimum absolute atomic E-state index is 0.579. The van der Waals surface area contributed by atoms with Gasteiger partial charge in [0.2, 0.25) is 0 Å². The molecule has 0 atom stereocenters. The lowest BCUT2D eigenvalue weighted by Crippen LogP contribution is -2.09. The quantitative estimate of drug-likeness (QED) is 0.383. The number of nitrogens with two attached hydrogens (primary N) is 1. The number of rotatable bonds is 3. The molecule has 0 radical (unpaired) electrons. The summed E-state index contributed by atoms with van der Waals surface area (Å²) in [4.78, 5) is 17.4. The molecule has 2 aromatic rings. The van der Waals surface area contributed by atoms with Crippen molar-refractivity contribution in [2.24, 2.45) is 5.84 Å². The molecule has 0 aliphatic carbocycles. The van der Waals surface area contributed by atoms with Crippen LogP contribution >= 0.6 is 11.8 Å². The molecule has 100 valence electrons. The molecule has 0 bridgehead atoms. The van der Waals surface area contributed by atoms with E-state index in [4.69, 9.17) is 5.84 Å². The summed E-state index contributed by atoms with van der Waals surface area (Å²) in [6.45, 7) is 7.79. The van der Waals surface area contributed by atoms with Crippen LogP contribution in [0.15, 0.2) is 16.2 Å². The predicted octanol–water partition coefficient (Wildman–Crippen LogP) is 1.94. The number of hydrogen-bond acceptors (Lipinski definition) is 7. The van der Waals surface area contributed by atoms with Crippen molar-refractivity contribution in [3.8, 4) is 0 Å². The molecule has 0 saturated carbocycles. The fourth-order valence-electron chi connectivity index (χ4n) is 1.55. The largest absolute Gasteiger partial charge is 0.308 e. The van der Waals surface area contributed by atoms with E-state index in [1.165, 1.54) is 11.8 Å². The van der Waals surface area contributed by atoms with Crippen LogP contribution in [0.4, 0.5) is 5.82 Å². The molecular formula is C12H16N6S. The van der Waals surface area contributed by atoms with Crippen molar-refractivity contribution in [1.29, 1.82) is 0 Å². The Morgan fingerprint density at radius 3 is 2.21 bits per heavy atom. The highest BCUT2D eigenvalue weighted by molar-refractivity contribution is 7.99. The summed E-state index contributed by atoms with van der Waals surface area (Å²) in [5.74, 6) is 6.60. The van der Waals surface area contributed by atoms with Gasteiger partial charge < -0.3 is 5.43 Å². The molecule has 0 spiro atoms. The first-order valence-corrected chi connectivity index (χ1v) is 6.63. The molecule has 0 aliphatic heterocycles. The topological polar surface area (TPSA) is 89.6 Å². The van der Waals surface area contributed by atoms with Gasteiger partial charge in [0.15, 0.2) is 5.16 Å². The molecule has 0 aliphatic rings. The lowest BCUT2D eigenvalue weighted by atomic mass is 10.2. The second kappa shape index (κ2) is 5.50. The smallest absolute Gasteiger partial charge is 0.194 e. The van der Waals surface area contributed by atoms with Crippen LogP contribution in [0.5, 0.6) is 0 Å². The van der Waals surface area contributed by atoms with Crippen LogP contribution in [-0.4, -0.2) is 19.9 Å². The van der Waals surface area contributed by atoms with E-state index in [-0.39, 0.29) is 0 Å². The Morgan fingerprint density at radius 2 is 1.63 bits per heavy atom. The number of aromatic nitrogens is 4. The van der Waals surface area contributed by atoms with Gasteiger partial charge in [0, 0.05) is 17.5 Å². The fourth-order valence-corrected chi connectivity index (χ4v) is 2.45. The number of anilines is 1. The van der Waals surface area contributed by atoms with E-state index < -0.39 is 0 Å². The summed E-state index contributed by atoms with van der Waals surface area (Å²) in [6.07, 6.45) is 0. The van der Waals surface area contributed by atoms with Gasteiger partial charge in [-0.15, -0.1) is 0 Å². The van der Waals surface area contributed by atoms with Gasteiger partial charge in [0.1, 0.15) is 16.7 Å². The van der Waals surface area contributed by atoms with Crippen molar-refractivity contribution in [2.45, 2.75) is 37.9 Å². The van der Waals surface area contributed by atoms with Gasteiger partial charge in [-0.05, 0) is 45.0 Å². The minimum Gasteiger partial charge on any atom is -0.308 e. The van der Waals surface area contributed by atoms with E-state index in [9.17, 15) is 0 Å². The summed E-state index contributed by atoms with van der Waals surface area (Å²) in [7, 11) is 0. The Bertz CT molecular complexity index is 590. The Balaban J connectivity index is 2.33. The number of nitrogens with one attached hydrogen (secondary N) is 1. The Hall–Kier alpha value is -1.73. The molecule has 0 amide bonds. The van der Waals surface area contributed by atoms with Gasteiger partial charge in [-0.1, -0.05) is 0 Å². The van der Waals surface area contributed by atoms with Crippen molar-refractivity contribution in [1.82, 2.24) is 19.9 Å². The molecule has 6 nitrogen and oxygen atoms in total. The number of nitrogens with zero attached hydrogens (tertiary/aromatic N) is 4. The van der Waals surface area contributed by atoms with Crippen LogP contribution in [0.2, 0.25) is 0 Å². The lowest BCUT2D eigenvalue weighted by Gasteiger charge is -2.07. The summed E-state index contributed by atoms with van der Waals surface area (Å²) in [6, 6.07) is 1.77. The molecule has 2 heterocycles. The van der Waals surface area contributed by atoms with Crippen LogP contribution < -0.4 is 11.3 Å². The van der Waals surface area contributed by atoms with Gasteiger partial charge in [0.05, 0.1) is 0 Å². The molecule has 0 aromatic carbocycles. The number of aryl methyl sites for hydroxylation is 3. The van der Waals surface area contributed by atoms with Gasteiger partial charge in [-0.2, -0.15) is 0 Å². The summed E-state index contributed by atoms with van der Waals surface area (Å²) < 4.78 is 0. The second-order valence-electron chi connectivity index (χ2n) is 4.19. The van der Waals surface area contributed by atoms with Crippen molar-refractivity contribution >= 4 is 17.6 Å². The van der Waals surface area contributed by atoms with Crippen molar-refractivity contribution in [3.05, 3.63) is 28.8 Å². The van der Waals surface area contributed by atoms with Crippen molar-refractivity contribution < 1.29 is 0 Å². The highest BCUT2D eigenvalue weighted by Crippen LogP contribution is 2.25. The van der Waals surface area contributed by atoms with E-state index >= 15 is 0 Å². The molecule has 19 heavy (non-hydrogen) atoms. The Labute approximate surface area is 116 Å². The van der Waals surface area contributed by atoms with E-state index in [1.54, 1.807) is 6.07 Å². The van der Waals surface area contributed by atoms with Crippen molar-refractivity contribution in [2.75, 3.05) is 5.43 Å². The maximum atomic E-state index is 5.37. The molecule has 7 heteroatoms. The van der Waals surface area contributed by atoms with Gasteiger partial charge >= 0.3 is 0 Å². The second-order valence-corrected chi connectivity index (χ2v) is 5.17. The normalized spacial score (nSPS) is 10.6. The van der Waals surface area contributed by atoms with Crippen LogP contribution in [0.25, 0.3) is 0 Å². The maximum absolute atomic E-state index is 5.37. The molecular weight excluding hydrogens is 260 g/mol. The van der Waals surface area contributed by atoms with E-state index in [1.807, 2.05) is 27.7 Å². The summed E-state index contributed by atoms with van der Waals surface area (Å²) in [5, 5.41) is 1.45. The predicted molar refractivity (Wildman–Crippen MR) is 74.9 cm³/mol. The summed E-state index contributed by atoms with van der Waals surface area (Å²) in [5.41, 5.74) is 5.61. The standard InChI is InChI=1S/C12H16N6S/c1-6-7(2)14-12(15-8(6)3)19-11-5-10(18-13)16-9(4)17-11/h5H,13H2,1-4H3,(H,16,17,18). The van der Waals surface area contributed by atoms with Crippen LogP contribution in [0.1, 0.15) is 22.8 Å². The van der Waals surface area contributed by atoms with Gasteiger partial charge in [-0.25, -0.2) is 25.8 Å². The third-order valence-electron chi connectivity index (χ3n) is 2.77. The van der Waals surface area contributed by atoms with Crippen LogP contribution in [-0.2, 0) is 0 Å². The number of hydrogen-bond donors (Lipinski definition) is 2. The molecule has 0 saturated heterocycles. The monoisotopic (exact) mass is 276 g/mol. The maximum Gasteiger partial charge on any atom is 0.194 e. The zero-order valence-corrected chi connectivity index (χ0v) is 12.2. The number of nitrogen functional groups attached to an aromatic ring is 1. The zero-order valence-electron chi connectivity index (χ0n) is 11.4. The molecule has 3 N–H and O–H groups in total. The Morgan fingerprint density at radius 1 is 1.00 bits per heavy atom. The van der Waals surface area contributed by atoms with E-state index in [0.29, 0.717) is 16.8 Å². The van der Waals surface area contributed by atoms with E-state index in [2.05, 4.69) is 25.4 Å². The zero-order chi connectivity index (χ0) is 14.0. The molecule has 2 rings (SSSR count). The third kappa shape index (κ3) is 3.18. The SMILES string of the molecule is Cc1nc(NN)cc(Sc2nc(C)c(C)c(C)n2)n1. The molecule has 0 fully saturated rings. The lowest BCUT2D eigenvalue weighted by molar-refractivity contribution is 0.874. The highest BCUT2D eigenvalue weighted by Gasteiger charge is 2.08. The van der Waals surface area contributed by atoms with Crippen LogP contribution in [0, 0.1) is 27.7 Å². The number of hydrazine groups is 1. The first-order chi connectivity index (χ1) is 8.99. The molecule has 2 aromatic heterocycles. The highest BCUT2D eigenvalue weighted by atomic mass is 32.2. The van der Waals surface area contributed by atoms with Gasteiger partial charge in [0.25, 0.3) is 0 Å². The first-order valence-electron chi connectivity index (χ1n) is 5.81.